The molecule has 1 heteroatoms. The molecule has 1 nitrogen and oxygen atoms in total. The lowest BCUT2D eigenvalue weighted by molar-refractivity contribution is -0.0351. The molecule has 1 saturated heterocycles. The summed E-state index contributed by atoms with van der Waals surface area (Å²) in [6.45, 7) is 9.88. The summed E-state index contributed by atoms with van der Waals surface area (Å²) in [7, 11) is 0. The van der Waals surface area contributed by atoms with Crippen molar-refractivity contribution >= 4 is 0 Å². The summed E-state index contributed by atoms with van der Waals surface area (Å²) in [5.74, 6) is 0.949. The standard InChI is InChI=1S/C12H23N/c1-10-6-4-5-7-11(10)13-8-12(2,3)9-13/h10-11H,4-9H2,1-3H3/t10-,11-/m0/s1. The van der Waals surface area contributed by atoms with Gasteiger partial charge in [-0.25, -0.2) is 0 Å². The highest BCUT2D eigenvalue weighted by Crippen LogP contribution is 2.37. The highest BCUT2D eigenvalue weighted by molar-refractivity contribution is 4.94. The summed E-state index contributed by atoms with van der Waals surface area (Å²) in [6, 6.07) is 0.918. The number of nitrogens with zero attached hydrogens (tertiary/aromatic N) is 1. The summed E-state index contributed by atoms with van der Waals surface area (Å²) in [5, 5.41) is 0. The molecule has 2 atom stereocenters. The first-order valence-electron chi connectivity index (χ1n) is 5.82. The Morgan fingerprint density at radius 2 is 1.69 bits per heavy atom. The third-order valence-corrected chi connectivity index (χ3v) is 3.80. The van der Waals surface area contributed by atoms with Crippen LogP contribution in [-0.4, -0.2) is 24.0 Å². The largest absolute Gasteiger partial charge is 0.299 e. The number of rotatable bonds is 1. The first-order chi connectivity index (χ1) is 6.08. The molecule has 13 heavy (non-hydrogen) atoms. The van der Waals surface area contributed by atoms with Gasteiger partial charge in [0.2, 0.25) is 0 Å². The Labute approximate surface area is 82.5 Å². The van der Waals surface area contributed by atoms with Crippen molar-refractivity contribution in [2.45, 2.75) is 52.5 Å². The molecule has 2 fully saturated rings. The summed E-state index contributed by atoms with van der Waals surface area (Å²) in [5.41, 5.74) is 0.608. The molecule has 1 aliphatic heterocycles. The maximum Gasteiger partial charge on any atom is 0.0121 e. The number of hydrogen-bond acceptors (Lipinski definition) is 1. The van der Waals surface area contributed by atoms with Crippen molar-refractivity contribution < 1.29 is 0 Å². The second kappa shape index (κ2) is 3.27. The Kier molecular flexibility index (Phi) is 2.39. The molecule has 0 aromatic carbocycles. The number of likely N-dealkylation sites (tertiary alicyclic amines) is 1. The molecule has 0 bridgehead atoms. The summed E-state index contributed by atoms with van der Waals surface area (Å²) >= 11 is 0. The molecule has 0 aromatic rings. The van der Waals surface area contributed by atoms with E-state index >= 15 is 0 Å². The third-order valence-electron chi connectivity index (χ3n) is 3.80. The van der Waals surface area contributed by atoms with E-state index in [0.29, 0.717) is 5.41 Å². The fourth-order valence-corrected chi connectivity index (χ4v) is 3.13. The van der Waals surface area contributed by atoms with E-state index in [4.69, 9.17) is 0 Å². The van der Waals surface area contributed by atoms with Gasteiger partial charge in [0.15, 0.2) is 0 Å². The molecule has 1 saturated carbocycles. The van der Waals surface area contributed by atoms with Crippen molar-refractivity contribution in [3.8, 4) is 0 Å². The quantitative estimate of drug-likeness (QED) is 0.601. The van der Waals surface area contributed by atoms with E-state index in [2.05, 4.69) is 25.7 Å². The topological polar surface area (TPSA) is 3.24 Å². The van der Waals surface area contributed by atoms with Crippen LogP contribution in [0.3, 0.4) is 0 Å². The van der Waals surface area contributed by atoms with Crippen molar-refractivity contribution in [2.75, 3.05) is 13.1 Å². The molecular formula is C12H23N. The first-order valence-corrected chi connectivity index (χ1v) is 5.82. The van der Waals surface area contributed by atoms with Gasteiger partial charge in [-0.2, -0.15) is 0 Å². The van der Waals surface area contributed by atoms with Crippen LogP contribution < -0.4 is 0 Å². The lowest BCUT2D eigenvalue weighted by Gasteiger charge is -2.52. The monoisotopic (exact) mass is 181 g/mol. The molecule has 0 amide bonds. The minimum atomic E-state index is 0.608. The van der Waals surface area contributed by atoms with Crippen LogP contribution in [0.4, 0.5) is 0 Å². The molecule has 76 valence electrons. The Morgan fingerprint density at radius 3 is 2.23 bits per heavy atom. The van der Waals surface area contributed by atoms with E-state index < -0.39 is 0 Å². The van der Waals surface area contributed by atoms with Crippen LogP contribution in [0, 0.1) is 11.3 Å². The number of hydrogen-bond donors (Lipinski definition) is 0. The lowest BCUT2D eigenvalue weighted by atomic mass is 9.77. The molecule has 0 N–H and O–H groups in total. The summed E-state index contributed by atoms with van der Waals surface area (Å²) in [4.78, 5) is 2.71. The average molecular weight is 181 g/mol. The molecule has 2 aliphatic rings. The molecule has 2 rings (SSSR count). The van der Waals surface area contributed by atoms with E-state index in [1.165, 1.54) is 38.8 Å². The normalized spacial score (nSPS) is 39.9. The maximum atomic E-state index is 2.71. The maximum absolute atomic E-state index is 2.71. The van der Waals surface area contributed by atoms with Crippen molar-refractivity contribution in [1.82, 2.24) is 4.90 Å². The van der Waals surface area contributed by atoms with Gasteiger partial charge in [-0.05, 0) is 24.2 Å². The molecular weight excluding hydrogens is 158 g/mol. The minimum Gasteiger partial charge on any atom is -0.299 e. The van der Waals surface area contributed by atoms with E-state index in [1.807, 2.05) is 0 Å². The molecule has 0 radical (unpaired) electrons. The van der Waals surface area contributed by atoms with Gasteiger partial charge in [-0.3, -0.25) is 4.90 Å². The van der Waals surface area contributed by atoms with E-state index in [0.717, 1.165) is 12.0 Å². The van der Waals surface area contributed by atoms with Gasteiger partial charge >= 0.3 is 0 Å². The highest BCUT2D eigenvalue weighted by Gasteiger charge is 2.40. The van der Waals surface area contributed by atoms with Crippen molar-refractivity contribution in [2.24, 2.45) is 11.3 Å². The molecule has 0 unspecified atom stereocenters. The van der Waals surface area contributed by atoms with Crippen LogP contribution in [0.1, 0.15) is 46.5 Å². The molecule has 1 aliphatic carbocycles. The van der Waals surface area contributed by atoms with Crippen molar-refractivity contribution in [3.05, 3.63) is 0 Å². The van der Waals surface area contributed by atoms with Gasteiger partial charge in [0.1, 0.15) is 0 Å². The van der Waals surface area contributed by atoms with Crippen molar-refractivity contribution in [1.29, 1.82) is 0 Å². The van der Waals surface area contributed by atoms with Crippen LogP contribution in [-0.2, 0) is 0 Å². The first kappa shape index (κ1) is 9.51. The average Bonchev–Trinajstić information content (AvgIpc) is 2.01. The zero-order valence-corrected chi connectivity index (χ0v) is 9.34. The lowest BCUT2D eigenvalue weighted by Crippen LogP contribution is -2.59. The minimum absolute atomic E-state index is 0.608. The second-order valence-electron chi connectivity index (χ2n) is 5.90. The van der Waals surface area contributed by atoms with Crippen LogP contribution >= 0.6 is 0 Å². The van der Waals surface area contributed by atoms with E-state index in [-0.39, 0.29) is 0 Å². The van der Waals surface area contributed by atoms with Gasteiger partial charge in [0, 0.05) is 19.1 Å². The SMILES string of the molecule is C[C@H]1CCCC[C@@H]1N1CC(C)(C)C1. The smallest absolute Gasteiger partial charge is 0.0121 e. The van der Waals surface area contributed by atoms with Crippen LogP contribution in [0.25, 0.3) is 0 Å². The fraction of sp³-hybridized carbons (Fsp3) is 1.00. The van der Waals surface area contributed by atoms with E-state index in [9.17, 15) is 0 Å². The predicted octanol–water partition coefficient (Wildman–Crippen LogP) is 2.91. The van der Waals surface area contributed by atoms with Gasteiger partial charge in [0.25, 0.3) is 0 Å². The zero-order chi connectivity index (χ0) is 9.47. The van der Waals surface area contributed by atoms with Gasteiger partial charge in [0.05, 0.1) is 0 Å². The highest BCUT2D eigenvalue weighted by atomic mass is 15.2. The Hall–Kier alpha value is -0.0400. The Bertz CT molecular complexity index is 178. The molecule has 1 heterocycles. The molecule has 0 spiro atoms. The van der Waals surface area contributed by atoms with Crippen molar-refractivity contribution in [3.63, 3.8) is 0 Å². The van der Waals surface area contributed by atoms with Gasteiger partial charge < -0.3 is 0 Å². The fourth-order valence-electron chi connectivity index (χ4n) is 3.13. The molecule has 0 aromatic heterocycles. The van der Waals surface area contributed by atoms with Gasteiger partial charge in [-0.15, -0.1) is 0 Å². The van der Waals surface area contributed by atoms with Crippen LogP contribution in [0.2, 0.25) is 0 Å². The van der Waals surface area contributed by atoms with Gasteiger partial charge in [-0.1, -0.05) is 33.6 Å². The Balaban J connectivity index is 1.87. The predicted molar refractivity (Wildman–Crippen MR) is 56.8 cm³/mol. The second-order valence-corrected chi connectivity index (χ2v) is 5.90. The Morgan fingerprint density at radius 1 is 1.08 bits per heavy atom. The van der Waals surface area contributed by atoms with Crippen LogP contribution in [0.5, 0.6) is 0 Å². The van der Waals surface area contributed by atoms with Crippen LogP contribution in [0.15, 0.2) is 0 Å². The zero-order valence-electron chi connectivity index (χ0n) is 9.34. The summed E-state index contributed by atoms with van der Waals surface area (Å²) < 4.78 is 0. The summed E-state index contributed by atoms with van der Waals surface area (Å²) in [6.07, 6.45) is 5.85. The van der Waals surface area contributed by atoms with E-state index in [1.54, 1.807) is 0 Å². The third kappa shape index (κ3) is 1.90.